The van der Waals surface area contributed by atoms with Crippen molar-refractivity contribution in [3.8, 4) is 0 Å². The maximum Gasteiger partial charge on any atom is 0.0593 e. The van der Waals surface area contributed by atoms with Crippen molar-refractivity contribution < 1.29 is 4.74 Å². The van der Waals surface area contributed by atoms with Gasteiger partial charge in [-0.3, -0.25) is 4.90 Å². The normalized spacial score (nSPS) is 30.7. The van der Waals surface area contributed by atoms with Crippen LogP contribution in [-0.4, -0.2) is 49.3 Å². The van der Waals surface area contributed by atoms with Gasteiger partial charge < -0.3 is 10.1 Å². The summed E-state index contributed by atoms with van der Waals surface area (Å²) in [6.07, 6.45) is 3.53. The molecule has 3 nitrogen and oxygen atoms in total. The molecule has 0 aromatic heterocycles. The van der Waals surface area contributed by atoms with Gasteiger partial charge in [0.05, 0.1) is 6.61 Å². The zero-order chi connectivity index (χ0) is 12.7. The smallest absolute Gasteiger partial charge is 0.0593 e. The number of hydrogen-bond acceptors (Lipinski definition) is 3. The second-order valence-corrected chi connectivity index (χ2v) is 5.44. The maximum atomic E-state index is 5.62. The molecule has 3 heteroatoms. The van der Waals surface area contributed by atoms with E-state index in [1.807, 2.05) is 0 Å². The van der Waals surface area contributed by atoms with E-state index < -0.39 is 0 Å². The minimum atomic E-state index is 0.288. The Labute approximate surface area is 107 Å². The summed E-state index contributed by atoms with van der Waals surface area (Å²) in [5, 5.41) is 3.70. The van der Waals surface area contributed by atoms with Crippen LogP contribution in [0, 0.1) is 0 Å². The topological polar surface area (TPSA) is 24.5 Å². The molecule has 0 aromatic carbocycles. The van der Waals surface area contributed by atoms with E-state index in [1.165, 1.54) is 12.8 Å². The second kappa shape index (κ2) is 7.34. The van der Waals surface area contributed by atoms with Crippen molar-refractivity contribution in [2.75, 3.05) is 32.8 Å². The van der Waals surface area contributed by atoms with Gasteiger partial charge in [-0.25, -0.2) is 0 Å². The Kier molecular flexibility index (Phi) is 6.45. The third-order valence-electron chi connectivity index (χ3n) is 3.96. The van der Waals surface area contributed by atoms with Crippen LogP contribution in [0.2, 0.25) is 0 Å². The Morgan fingerprint density at radius 1 is 1.29 bits per heavy atom. The largest absolute Gasteiger partial charge is 0.380 e. The molecule has 1 aliphatic heterocycles. The quantitative estimate of drug-likeness (QED) is 0.693. The molecule has 0 radical (unpaired) electrons. The molecule has 0 amide bonds. The monoisotopic (exact) mass is 242 g/mol. The number of nitrogens with zero attached hydrogens (tertiary/aromatic N) is 1. The molecule has 1 rings (SSSR count). The van der Waals surface area contributed by atoms with E-state index in [1.54, 1.807) is 0 Å². The maximum absolute atomic E-state index is 5.62. The highest BCUT2D eigenvalue weighted by atomic mass is 16.5. The Bertz CT molecular complexity index is 210. The lowest BCUT2D eigenvalue weighted by molar-refractivity contribution is 0.0426. The summed E-state index contributed by atoms with van der Waals surface area (Å²) >= 11 is 0. The van der Waals surface area contributed by atoms with E-state index >= 15 is 0 Å². The van der Waals surface area contributed by atoms with Crippen molar-refractivity contribution in [1.29, 1.82) is 0 Å². The molecule has 1 saturated heterocycles. The van der Waals surface area contributed by atoms with Crippen LogP contribution in [0.15, 0.2) is 0 Å². The molecule has 17 heavy (non-hydrogen) atoms. The first-order valence-electron chi connectivity index (χ1n) is 7.22. The van der Waals surface area contributed by atoms with Gasteiger partial charge in [-0.2, -0.15) is 0 Å². The van der Waals surface area contributed by atoms with Crippen LogP contribution in [0.25, 0.3) is 0 Å². The fourth-order valence-electron chi connectivity index (χ4n) is 2.46. The predicted molar refractivity (Wildman–Crippen MR) is 73.5 cm³/mol. The molecule has 2 unspecified atom stereocenters. The highest BCUT2D eigenvalue weighted by Crippen LogP contribution is 2.19. The average Bonchev–Trinajstić information content (AvgIpc) is 2.35. The fourth-order valence-corrected chi connectivity index (χ4v) is 2.46. The van der Waals surface area contributed by atoms with E-state index in [2.05, 4.69) is 37.9 Å². The van der Waals surface area contributed by atoms with Gasteiger partial charge in [0.2, 0.25) is 0 Å². The summed E-state index contributed by atoms with van der Waals surface area (Å²) in [5.74, 6) is 0. The summed E-state index contributed by atoms with van der Waals surface area (Å²) in [5.41, 5.74) is 0.288. The molecule has 1 aliphatic rings. The Morgan fingerprint density at radius 3 is 2.65 bits per heavy atom. The zero-order valence-electron chi connectivity index (χ0n) is 12.1. The molecule has 0 saturated carbocycles. The molecule has 0 aliphatic carbocycles. The van der Waals surface area contributed by atoms with Crippen LogP contribution >= 0.6 is 0 Å². The predicted octanol–water partition coefficient (Wildman–Crippen LogP) is 2.27. The number of ether oxygens (including phenoxy) is 1. The molecule has 1 fully saturated rings. The van der Waals surface area contributed by atoms with E-state index in [-0.39, 0.29) is 5.54 Å². The van der Waals surface area contributed by atoms with E-state index in [0.717, 1.165) is 39.3 Å². The van der Waals surface area contributed by atoms with Crippen molar-refractivity contribution >= 4 is 0 Å². The van der Waals surface area contributed by atoms with E-state index in [4.69, 9.17) is 4.74 Å². The third kappa shape index (κ3) is 4.57. The Balaban J connectivity index is 2.40. The molecule has 0 aromatic rings. The van der Waals surface area contributed by atoms with Gasteiger partial charge in [-0.1, -0.05) is 20.8 Å². The highest BCUT2D eigenvalue weighted by Gasteiger charge is 2.33. The first kappa shape index (κ1) is 14.9. The number of hydrogen-bond donors (Lipinski definition) is 1. The van der Waals surface area contributed by atoms with Crippen molar-refractivity contribution in [2.45, 2.75) is 58.5 Å². The lowest BCUT2D eigenvalue weighted by Crippen LogP contribution is -2.62. The Morgan fingerprint density at radius 2 is 2.06 bits per heavy atom. The zero-order valence-corrected chi connectivity index (χ0v) is 12.1. The van der Waals surface area contributed by atoms with Gasteiger partial charge in [0.25, 0.3) is 0 Å². The van der Waals surface area contributed by atoms with Crippen LogP contribution < -0.4 is 5.32 Å². The minimum absolute atomic E-state index is 0.288. The lowest BCUT2D eigenvalue weighted by atomic mass is 9.93. The van der Waals surface area contributed by atoms with Crippen LogP contribution in [-0.2, 0) is 4.74 Å². The van der Waals surface area contributed by atoms with E-state index in [0.29, 0.717) is 6.04 Å². The summed E-state index contributed by atoms with van der Waals surface area (Å²) < 4.78 is 5.62. The first-order chi connectivity index (χ1) is 8.15. The van der Waals surface area contributed by atoms with Crippen LogP contribution in [0.3, 0.4) is 0 Å². The van der Waals surface area contributed by atoms with Crippen molar-refractivity contribution in [3.63, 3.8) is 0 Å². The minimum Gasteiger partial charge on any atom is -0.380 e. The van der Waals surface area contributed by atoms with Gasteiger partial charge in [0, 0.05) is 37.8 Å². The molecule has 102 valence electrons. The van der Waals surface area contributed by atoms with Crippen molar-refractivity contribution in [2.24, 2.45) is 0 Å². The number of rotatable bonds is 7. The van der Waals surface area contributed by atoms with Crippen LogP contribution in [0.5, 0.6) is 0 Å². The standard InChI is InChI=1S/C14H30N2O/c1-5-9-17-10-8-16-12-14(4,7-3)15-11-13(16)6-2/h13,15H,5-12H2,1-4H3. The van der Waals surface area contributed by atoms with E-state index in [9.17, 15) is 0 Å². The molecule has 0 spiro atoms. The second-order valence-electron chi connectivity index (χ2n) is 5.44. The van der Waals surface area contributed by atoms with Gasteiger partial charge >= 0.3 is 0 Å². The fraction of sp³-hybridized carbons (Fsp3) is 1.00. The Hall–Kier alpha value is -0.120. The molecule has 0 bridgehead atoms. The lowest BCUT2D eigenvalue weighted by Gasteiger charge is -2.46. The number of piperazine rings is 1. The van der Waals surface area contributed by atoms with Crippen molar-refractivity contribution in [3.05, 3.63) is 0 Å². The average molecular weight is 242 g/mol. The molecular weight excluding hydrogens is 212 g/mol. The summed E-state index contributed by atoms with van der Waals surface area (Å²) in [6, 6.07) is 0.680. The third-order valence-corrected chi connectivity index (χ3v) is 3.96. The highest BCUT2D eigenvalue weighted by molar-refractivity contribution is 4.93. The van der Waals surface area contributed by atoms with Gasteiger partial charge in [0.15, 0.2) is 0 Å². The van der Waals surface area contributed by atoms with Crippen LogP contribution in [0.4, 0.5) is 0 Å². The van der Waals surface area contributed by atoms with Gasteiger partial charge in [-0.15, -0.1) is 0 Å². The molecule has 1 N–H and O–H groups in total. The molecule has 1 heterocycles. The molecular formula is C14H30N2O. The first-order valence-corrected chi connectivity index (χ1v) is 7.22. The summed E-state index contributed by atoms with van der Waals surface area (Å²) in [6.45, 7) is 14.2. The van der Waals surface area contributed by atoms with Gasteiger partial charge in [0.1, 0.15) is 0 Å². The van der Waals surface area contributed by atoms with Crippen LogP contribution in [0.1, 0.15) is 47.0 Å². The molecule has 2 atom stereocenters. The van der Waals surface area contributed by atoms with Crippen molar-refractivity contribution in [1.82, 2.24) is 10.2 Å². The summed E-state index contributed by atoms with van der Waals surface area (Å²) in [4.78, 5) is 2.61. The SMILES string of the molecule is CCCOCCN1CC(C)(CC)NCC1CC. The summed E-state index contributed by atoms with van der Waals surface area (Å²) in [7, 11) is 0. The number of nitrogens with one attached hydrogen (secondary N) is 1. The van der Waals surface area contributed by atoms with Gasteiger partial charge in [-0.05, 0) is 26.2 Å².